The molecule has 7 nitrogen and oxygen atoms in total. The number of likely N-dealkylation sites (tertiary alicyclic amines) is 1. The molecule has 1 atom stereocenters. The van der Waals surface area contributed by atoms with Crippen molar-refractivity contribution in [2.75, 3.05) is 13.2 Å². The molecule has 0 saturated carbocycles. The molecule has 0 aliphatic carbocycles. The van der Waals surface area contributed by atoms with E-state index in [9.17, 15) is 9.90 Å². The lowest BCUT2D eigenvalue weighted by atomic mass is 10.2. The number of hydrogen-bond donors (Lipinski definition) is 1. The van der Waals surface area contributed by atoms with E-state index in [0.29, 0.717) is 12.4 Å². The van der Waals surface area contributed by atoms with Crippen LogP contribution in [-0.2, 0) is 11.3 Å². The van der Waals surface area contributed by atoms with Crippen LogP contribution < -0.4 is 0 Å². The van der Waals surface area contributed by atoms with Crippen molar-refractivity contribution in [2.24, 2.45) is 0 Å². The first-order chi connectivity index (χ1) is 10.3. The molecule has 0 spiro atoms. The van der Waals surface area contributed by atoms with Crippen molar-refractivity contribution >= 4 is 5.91 Å². The molecule has 1 fully saturated rings. The first kappa shape index (κ1) is 13.7. The molecular weight excluding hydrogens is 270 g/mol. The van der Waals surface area contributed by atoms with Crippen molar-refractivity contribution in [3.8, 4) is 11.4 Å². The van der Waals surface area contributed by atoms with Crippen LogP contribution in [0.15, 0.2) is 30.3 Å². The number of nitrogens with zero attached hydrogens (tertiary/aromatic N) is 5. The van der Waals surface area contributed by atoms with Crippen LogP contribution in [0.5, 0.6) is 0 Å². The average molecular weight is 287 g/mol. The zero-order valence-electron chi connectivity index (χ0n) is 11.6. The lowest BCUT2D eigenvalue weighted by Crippen LogP contribution is -2.39. The van der Waals surface area contributed by atoms with E-state index in [4.69, 9.17) is 0 Å². The molecule has 110 valence electrons. The maximum atomic E-state index is 12.2. The highest BCUT2D eigenvalue weighted by molar-refractivity contribution is 5.76. The summed E-state index contributed by atoms with van der Waals surface area (Å²) in [5, 5.41) is 21.4. The minimum absolute atomic E-state index is 0.00575. The van der Waals surface area contributed by atoms with Gasteiger partial charge in [-0.15, -0.1) is 10.2 Å². The predicted molar refractivity (Wildman–Crippen MR) is 75.1 cm³/mol. The SMILES string of the molecule is O=C(Cn1nnc(-c2ccccc2)n1)N1CCC[C@@H]1CO. The number of hydrogen-bond acceptors (Lipinski definition) is 5. The Bertz CT molecular complexity index is 613. The van der Waals surface area contributed by atoms with Gasteiger partial charge >= 0.3 is 0 Å². The largest absolute Gasteiger partial charge is 0.394 e. The summed E-state index contributed by atoms with van der Waals surface area (Å²) in [6, 6.07) is 9.43. The van der Waals surface area contributed by atoms with E-state index in [1.807, 2.05) is 30.3 Å². The van der Waals surface area contributed by atoms with Crippen LogP contribution in [0.3, 0.4) is 0 Å². The molecule has 0 radical (unpaired) electrons. The number of rotatable bonds is 4. The highest BCUT2D eigenvalue weighted by Gasteiger charge is 2.28. The minimum Gasteiger partial charge on any atom is -0.394 e. The predicted octanol–water partition coefficient (Wildman–Crippen LogP) is 0.323. The number of carbonyl (C=O) groups excluding carboxylic acids is 1. The summed E-state index contributed by atoms with van der Waals surface area (Å²) < 4.78 is 0. The number of amides is 1. The number of aromatic nitrogens is 4. The van der Waals surface area contributed by atoms with Gasteiger partial charge in [0.05, 0.1) is 12.6 Å². The lowest BCUT2D eigenvalue weighted by molar-refractivity contribution is -0.133. The van der Waals surface area contributed by atoms with Crippen LogP contribution in [0.1, 0.15) is 12.8 Å². The molecule has 1 amide bonds. The van der Waals surface area contributed by atoms with E-state index in [1.165, 1.54) is 4.80 Å². The first-order valence-electron chi connectivity index (χ1n) is 7.01. The standard InChI is InChI=1S/C14H17N5O2/c20-10-12-7-4-8-18(12)13(21)9-19-16-14(15-17-19)11-5-2-1-3-6-11/h1-3,5-6,12,20H,4,7-10H2/t12-/m1/s1. The Morgan fingerprint density at radius 3 is 2.90 bits per heavy atom. The highest BCUT2D eigenvalue weighted by Crippen LogP contribution is 2.17. The summed E-state index contributed by atoms with van der Waals surface area (Å²) in [7, 11) is 0. The molecule has 3 rings (SSSR count). The van der Waals surface area contributed by atoms with Gasteiger partial charge in [0.1, 0.15) is 6.54 Å². The maximum Gasteiger partial charge on any atom is 0.246 e. The number of benzene rings is 1. The van der Waals surface area contributed by atoms with Gasteiger partial charge in [0.15, 0.2) is 0 Å². The van der Waals surface area contributed by atoms with Crippen LogP contribution in [-0.4, -0.2) is 55.3 Å². The van der Waals surface area contributed by atoms with E-state index in [-0.39, 0.29) is 25.1 Å². The molecule has 0 unspecified atom stereocenters. The molecule has 1 saturated heterocycles. The van der Waals surface area contributed by atoms with E-state index in [1.54, 1.807) is 4.90 Å². The Hall–Kier alpha value is -2.28. The number of tetrazole rings is 1. The molecule has 1 N–H and O–H groups in total. The monoisotopic (exact) mass is 287 g/mol. The van der Waals surface area contributed by atoms with E-state index in [0.717, 1.165) is 18.4 Å². The fourth-order valence-corrected chi connectivity index (χ4v) is 2.58. The Kier molecular flexibility index (Phi) is 3.92. The zero-order valence-corrected chi connectivity index (χ0v) is 11.6. The normalized spacial score (nSPS) is 18.1. The van der Waals surface area contributed by atoms with Gasteiger partial charge in [0.2, 0.25) is 11.7 Å². The Labute approximate surface area is 122 Å². The fourth-order valence-electron chi connectivity index (χ4n) is 2.58. The van der Waals surface area contributed by atoms with Crippen LogP contribution >= 0.6 is 0 Å². The molecule has 1 aromatic heterocycles. The molecular formula is C14H17N5O2. The van der Waals surface area contributed by atoms with Gasteiger partial charge in [-0.1, -0.05) is 30.3 Å². The van der Waals surface area contributed by atoms with Crippen molar-refractivity contribution in [1.29, 1.82) is 0 Å². The third kappa shape index (κ3) is 2.92. The van der Waals surface area contributed by atoms with Crippen LogP contribution in [0, 0.1) is 0 Å². The van der Waals surface area contributed by atoms with Gasteiger partial charge in [-0.2, -0.15) is 4.80 Å². The summed E-state index contributed by atoms with van der Waals surface area (Å²) >= 11 is 0. The second-order valence-electron chi connectivity index (χ2n) is 5.08. The third-order valence-corrected chi connectivity index (χ3v) is 3.67. The van der Waals surface area contributed by atoms with Crippen molar-refractivity contribution in [3.05, 3.63) is 30.3 Å². The Morgan fingerprint density at radius 1 is 1.33 bits per heavy atom. The summed E-state index contributed by atoms with van der Waals surface area (Å²) in [6.45, 7) is 0.742. The molecule has 2 aromatic rings. The number of aliphatic hydroxyl groups is 1. The van der Waals surface area contributed by atoms with E-state index >= 15 is 0 Å². The van der Waals surface area contributed by atoms with Crippen LogP contribution in [0.2, 0.25) is 0 Å². The van der Waals surface area contributed by atoms with Crippen LogP contribution in [0.4, 0.5) is 0 Å². The summed E-state index contributed by atoms with van der Waals surface area (Å²) in [4.78, 5) is 15.2. The molecule has 7 heteroatoms. The van der Waals surface area contributed by atoms with Gasteiger partial charge in [0, 0.05) is 12.1 Å². The first-order valence-corrected chi connectivity index (χ1v) is 7.01. The van der Waals surface area contributed by atoms with Crippen LogP contribution in [0.25, 0.3) is 11.4 Å². The molecule has 21 heavy (non-hydrogen) atoms. The molecule has 1 aromatic carbocycles. The van der Waals surface area contributed by atoms with Crippen molar-refractivity contribution in [2.45, 2.75) is 25.4 Å². The fraction of sp³-hybridized carbons (Fsp3) is 0.429. The van der Waals surface area contributed by atoms with Crippen molar-refractivity contribution < 1.29 is 9.90 Å². The maximum absolute atomic E-state index is 12.2. The van der Waals surface area contributed by atoms with E-state index < -0.39 is 0 Å². The number of aliphatic hydroxyl groups excluding tert-OH is 1. The van der Waals surface area contributed by atoms with E-state index in [2.05, 4.69) is 15.4 Å². The third-order valence-electron chi connectivity index (χ3n) is 3.67. The highest BCUT2D eigenvalue weighted by atomic mass is 16.3. The van der Waals surface area contributed by atoms with Gasteiger partial charge in [-0.3, -0.25) is 4.79 Å². The summed E-state index contributed by atoms with van der Waals surface area (Å²) in [6.07, 6.45) is 1.78. The Morgan fingerprint density at radius 2 is 2.14 bits per heavy atom. The van der Waals surface area contributed by atoms with Crippen molar-refractivity contribution in [3.63, 3.8) is 0 Å². The topological polar surface area (TPSA) is 84.1 Å². The van der Waals surface area contributed by atoms with Gasteiger partial charge in [-0.05, 0) is 18.1 Å². The summed E-state index contributed by atoms with van der Waals surface area (Å²) in [5.41, 5.74) is 0.866. The van der Waals surface area contributed by atoms with Gasteiger partial charge in [0.25, 0.3) is 0 Å². The summed E-state index contributed by atoms with van der Waals surface area (Å²) in [5.74, 6) is 0.423. The molecule has 1 aliphatic heterocycles. The molecule has 1 aliphatic rings. The molecule has 2 heterocycles. The number of carbonyl (C=O) groups is 1. The smallest absolute Gasteiger partial charge is 0.246 e. The Balaban J connectivity index is 1.69. The zero-order chi connectivity index (χ0) is 14.7. The minimum atomic E-state index is -0.0800. The van der Waals surface area contributed by atoms with Gasteiger partial charge in [-0.25, -0.2) is 0 Å². The van der Waals surface area contributed by atoms with Gasteiger partial charge < -0.3 is 10.0 Å². The lowest BCUT2D eigenvalue weighted by Gasteiger charge is -2.22. The average Bonchev–Trinajstić information content (AvgIpc) is 3.16. The van der Waals surface area contributed by atoms with Crippen molar-refractivity contribution in [1.82, 2.24) is 25.1 Å². The molecule has 0 bridgehead atoms. The second kappa shape index (κ2) is 6.01. The quantitative estimate of drug-likeness (QED) is 0.875. The second-order valence-corrected chi connectivity index (χ2v) is 5.08.